The molecule has 1 heterocycles. The van der Waals surface area contributed by atoms with E-state index in [1.807, 2.05) is 18.2 Å². The molecule has 0 aliphatic carbocycles. The molecular formula is C24H15BrClFN2O4. The molecule has 1 aliphatic heterocycles. The molecule has 1 saturated heterocycles. The molecule has 6 nitrogen and oxygen atoms in total. The van der Waals surface area contributed by atoms with Crippen LogP contribution >= 0.6 is 27.5 Å². The fraction of sp³-hybridized carbons (Fsp3) is 0.0417. The molecule has 1 fully saturated rings. The maximum atomic E-state index is 13.6. The maximum absolute atomic E-state index is 13.6. The predicted octanol–water partition coefficient (Wildman–Crippen LogP) is 5.49. The van der Waals surface area contributed by atoms with Crippen LogP contribution in [-0.4, -0.2) is 17.8 Å². The third kappa shape index (κ3) is 4.97. The molecule has 0 spiro atoms. The van der Waals surface area contributed by atoms with Crippen LogP contribution in [-0.2, 0) is 16.2 Å². The van der Waals surface area contributed by atoms with Crippen molar-refractivity contribution < 1.29 is 23.5 Å². The molecule has 0 saturated carbocycles. The molecule has 0 unspecified atom stereocenters. The second-order valence-electron chi connectivity index (χ2n) is 7.01. The SMILES string of the molecule is O=C1NC(=O)N(c2cccc(F)c2)C(=O)/C1=C/c1ccc(OCc2ccccc2Cl)c(Br)c1. The van der Waals surface area contributed by atoms with E-state index in [1.165, 1.54) is 24.3 Å². The van der Waals surface area contributed by atoms with E-state index in [-0.39, 0.29) is 17.9 Å². The zero-order valence-electron chi connectivity index (χ0n) is 16.8. The van der Waals surface area contributed by atoms with Crippen LogP contribution in [0.5, 0.6) is 5.75 Å². The molecule has 4 rings (SSSR count). The summed E-state index contributed by atoms with van der Waals surface area (Å²) in [6.45, 7) is 0.254. The Morgan fingerprint density at radius 1 is 1.03 bits per heavy atom. The van der Waals surface area contributed by atoms with Gasteiger partial charge in [-0.1, -0.05) is 41.9 Å². The highest BCUT2D eigenvalue weighted by atomic mass is 79.9. The Balaban J connectivity index is 1.57. The number of hydrogen-bond acceptors (Lipinski definition) is 4. The van der Waals surface area contributed by atoms with Crippen molar-refractivity contribution in [1.29, 1.82) is 0 Å². The van der Waals surface area contributed by atoms with E-state index in [1.54, 1.807) is 24.3 Å². The summed E-state index contributed by atoms with van der Waals surface area (Å²) in [5.74, 6) is -1.78. The van der Waals surface area contributed by atoms with Crippen molar-refractivity contribution in [3.63, 3.8) is 0 Å². The van der Waals surface area contributed by atoms with Crippen molar-refractivity contribution in [1.82, 2.24) is 5.32 Å². The van der Waals surface area contributed by atoms with Crippen LogP contribution in [0, 0.1) is 5.82 Å². The van der Waals surface area contributed by atoms with Crippen LogP contribution in [0.4, 0.5) is 14.9 Å². The highest BCUT2D eigenvalue weighted by Crippen LogP contribution is 2.29. The van der Waals surface area contributed by atoms with Gasteiger partial charge in [-0.2, -0.15) is 0 Å². The molecule has 166 valence electrons. The first-order valence-corrected chi connectivity index (χ1v) is 10.8. The molecule has 33 heavy (non-hydrogen) atoms. The number of halogens is 3. The highest BCUT2D eigenvalue weighted by Gasteiger charge is 2.36. The molecule has 0 atom stereocenters. The summed E-state index contributed by atoms with van der Waals surface area (Å²) in [7, 11) is 0. The standard InChI is InChI=1S/C24H15BrClFN2O4/c25-19-11-14(8-9-21(19)33-13-15-4-1-2-7-20(15)26)10-18-22(30)28-24(32)29(23(18)31)17-6-3-5-16(27)12-17/h1-12H,13H2,(H,28,30,32)/b18-10+. The molecule has 3 aromatic rings. The lowest BCUT2D eigenvalue weighted by Gasteiger charge is -2.26. The molecule has 1 N–H and O–H groups in total. The average molecular weight is 530 g/mol. The molecule has 0 aromatic heterocycles. The topological polar surface area (TPSA) is 75.7 Å². The van der Waals surface area contributed by atoms with Gasteiger partial charge in [-0.05, 0) is 64.0 Å². The van der Waals surface area contributed by atoms with Gasteiger partial charge in [-0.3, -0.25) is 14.9 Å². The van der Waals surface area contributed by atoms with E-state index >= 15 is 0 Å². The van der Waals surface area contributed by atoms with Gasteiger partial charge in [0.05, 0.1) is 10.2 Å². The van der Waals surface area contributed by atoms with Gasteiger partial charge in [0.1, 0.15) is 23.7 Å². The summed E-state index contributed by atoms with van der Waals surface area (Å²) in [5.41, 5.74) is 1.08. The molecule has 0 radical (unpaired) electrons. The minimum atomic E-state index is -0.947. The normalized spacial score (nSPS) is 15.1. The zero-order valence-corrected chi connectivity index (χ0v) is 19.2. The highest BCUT2D eigenvalue weighted by molar-refractivity contribution is 9.10. The largest absolute Gasteiger partial charge is 0.488 e. The number of rotatable bonds is 5. The van der Waals surface area contributed by atoms with E-state index in [9.17, 15) is 18.8 Å². The summed E-state index contributed by atoms with van der Waals surface area (Å²) >= 11 is 9.57. The first-order chi connectivity index (χ1) is 15.8. The lowest BCUT2D eigenvalue weighted by atomic mass is 10.1. The first-order valence-electron chi connectivity index (χ1n) is 9.66. The molecule has 4 amide bonds. The zero-order chi connectivity index (χ0) is 23.5. The van der Waals surface area contributed by atoms with Crippen LogP contribution in [0.25, 0.3) is 6.08 Å². The minimum absolute atomic E-state index is 0.0143. The molecule has 3 aromatic carbocycles. The van der Waals surface area contributed by atoms with Crippen molar-refractivity contribution in [3.8, 4) is 5.75 Å². The first kappa shape index (κ1) is 22.7. The van der Waals surface area contributed by atoms with E-state index in [2.05, 4.69) is 21.2 Å². The summed E-state index contributed by atoms with van der Waals surface area (Å²) in [6.07, 6.45) is 1.35. The Morgan fingerprint density at radius 2 is 1.82 bits per heavy atom. The fourth-order valence-electron chi connectivity index (χ4n) is 3.17. The number of carbonyl (C=O) groups excluding carboxylic acids is 3. The Hall–Kier alpha value is -3.49. The van der Waals surface area contributed by atoms with Gasteiger partial charge >= 0.3 is 6.03 Å². The Kier molecular flexibility index (Phi) is 6.57. The average Bonchev–Trinajstić information content (AvgIpc) is 2.77. The van der Waals surface area contributed by atoms with E-state index in [0.717, 1.165) is 11.6 Å². The van der Waals surface area contributed by atoms with Gasteiger partial charge in [0.2, 0.25) is 0 Å². The molecule has 9 heteroatoms. The van der Waals surface area contributed by atoms with Crippen LogP contribution in [0.2, 0.25) is 5.02 Å². The van der Waals surface area contributed by atoms with Crippen molar-refractivity contribution in [2.75, 3.05) is 4.90 Å². The van der Waals surface area contributed by atoms with Crippen LogP contribution < -0.4 is 15.0 Å². The quantitative estimate of drug-likeness (QED) is 0.350. The van der Waals surface area contributed by atoms with Gasteiger partial charge < -0.3 is 4.74 Å². The lowest BCUT2D eigenvalue weighted by Crippen LogP contribution is -2.54. The van der Waals surface area contributed by atoms with Crippen molar-refractivity contribution >= 4 is 57.1 Å². The smallest absolute Gasteiger partial charge is 0.335 e. The number of ether oxygens (including phenoxy) is 1. The Labute approximate surface area is 201 Å². The number of barbiturate groups is 1. The second kappa shape index (κ2) is 9.56. The van der Waals surface area contributed by atoms with Gasteiger partial charge in [0.15, 0.2) is 0 Å². The van der Waals surface area contributed by atoms with Gasteiger partial charge in [-0.15, -0.1) is 0 Å². The summed E-state index contributed by atoms with van der Waals surface area (Å²) < 4.78 is 20.0. The van der Waals surface area contributed by atoms with Crippen LogP contribution in [0.1, 0.15) is 11.1 Å². The summed E-state index contributed by atoms with van der Waals surface area (Å²) in [4.78, 5) is 38.2. The number of hydrogen-bond donors (Lipinski definition) is 1. The monoisotopic (exact) mass is 528 g/mol. The third-order valence-corrected chi connectivity index (χ3v) is 5.76. The lowest BCUT2D eigenvalue weighted by molar-refractivity contribution is -0.122. The Bertz CT molecular complexity index is 1310. The van der Waals surface area contributed by atoms with E-state index < -0.39 is 23.7 Å². The maximum Gasteiger partial charge on any atom is 0.335 e. The molecule has 1 aliphatic rings. The van der Waals surface area contributed by atoms with Crippen molar-refractivity contribution in [3.05, 3.63) is 98.7 Å². The van der Waals surface area contributed by atoms with E-state index in [0.29, 0.717) is 25.7 Å². The number of imide groups is 2. The number of carbonyl (C=O) groups is 3. The number of amides is 4. The van der Waals surface area contributed by atoms with E-state index in [4.69, 9.17) is 16.3 Å². The Morgan fingerprint density at radius 3 is 2.55 bits per heavy atom. The summed E-state index contributed by atoms with van der Waals surface area (Å²) in [5, 5.41) is 2.70. The van der Waals surface area contributed by atoms with Crippen LogP contribution in [0.3, 0.4) is 0 Å². The molecular weight excluding hydrogens is 515 g/mol. The summed E-state index contributed by atoms with van der Waals surface area (Å²) in [6, 6.07) is 16.3. The predicted molar refractivity (Wildman–Crippen MR) is 125 cm³/mol. The second-order valence-corrected chi connectivity index (χ2v) is 8.27. The fourth-order valence-corrected chi connectivity index (χ4v) is 3.87. The van der Waals surface area contributed by atoms with Crippen molar-refractivity contribution in [2.24, 2.45) is 0 Å². The van der Waals surface area contributed by atoms with Gasteiger partial charge in [0, 0.05) is 10.6 Å². The number of anilines is 1. The van der Waals surface area contributed by atoms with Crippen LogP contribution in [0.15, 0.2) is 76.8 Å². The van der Waals surface area contributed by atoms with Gasteiger partial charge in [0.25, 0.3) is 11.8 Å². The third-order valence-electron chi connectivity index (χ3n) is 4.78. The minimum Gasteiger partial charge on any atom is -0.488 e. The number of urea groups is 1. The molecule has 0 bridgehead atoms. The number of nitrogens with zero attached hydrogens (tertiary/aromatic N) is 1. The number of nitrogens with one attached hydrogen (secondary N) is 1. The van der Waals surface area contributed by atoms with Crippen molar-refractivity contribution in [2.45, 2.75) is 6.61 Å². The number of benzene rings is 3. The van der Waals surface area contributed by atoms with Gasteiger partial charge in [-0.25, -0.2) is 14.1 Å².